The number of nitrogens with one attached hydrogen (secondary N) is 1. The summed E-state index contributed by atoms with van der Waals surface area (Å²) < 4.78 is 18.4. The van der Waals surface area contributed by atoms with Crippen LogP contribution in [0.4, 0.5) is 4.39 Å². The number of amides is 1. The van der Waals surface area contributed by atoms with E-state index in [-0.39, 0.29) is 12.3 Å². The van der Waals surface area contributed by atoms with Crippen LogP contribution < -0.4 is 10.1 Å². The summed E-state index contributed by atoms with van der Waals surface area (Å²) in [6.07, 6.45) is 0.0877. The Kier molecular flexibility index (Phi) is 5.97. The first-order valence-electron chi connectivity index (χ1n) is 8.21. The number of aliphatic carboxylic acids is 1. The Hall–Kier alpha value is -2.89. The number of hydrogen-bond acceptors (Lipinski definition) is 3. The highest BCUT2D eigenvalue weighted by atomic mass is 19.1. The van der Waals surface area contributed by atoms with Crippen molar-refractivity contribution >= 4 is 11.9 Å². The van der Waals surface area contributed by atoms with Crippen molar-refractivity contribution in [3.8, 4) is 5.75 Å². The minimum Gasteiger partial charge on any atom is -0.496 e. The van der Waals surface area contributed by atoms with Crippen molar-refractivity contribution in [2.24, 2.45) is 0 Å². The van der Waals surface area contributed by atoms with Gasteiger partial charge in [-0.1, -0.05) is 37.3 Å². The van der Waals surface area contributed by atoms with Gasteiger partial charge in [0.2, 0.25) is 5.91 Å². The number of rotatable bonds is 7. The molecule has 0 aliphatic rings. The molecule has 6 heteroatoms. The van der Waals surface area contributed by atoms with Crippen LogP contribution in [0, 0.1) is 5.82 Å². The Labute approximate surface area is 151 Å². The molecule has 0 aliphatic carbocycles. The van der Waals surface area contributed by atoms with Crippen molar-refractivity contribution in [2.75, 3.05) is 7.11 Å². The summed E-state index contributed by atoms with van der Waals surface area (Å²) in [6.45, 7) is 3.25. The molecule has 138 valence electrons. The number of benzene rings is 2. The van der Waals surface area contributed by atoms with E-state index in [1.165, 1.54) is 31.2 Å². The minimum atomic E-state index is -1.65. The van der Waals surface area contributed by atoms with Crippen molar-refractivity contribution in [3.63, 3.8) is 0 Å². The van der Waals surface area contributed by atoms with Crippen LogP contribution in [0.5, 0.6) is 5.75 Å². The lowest BCUT2D eigenvalue weighted by molar-refractivity contribution is -0.147. The highest BCUT2D eigenvalue weighted by Crippen LogP contribution is 2.29. The standard InChI is InChI=1S/C20H22FNO4/c1-13(16-6-4-5-7-17(16)26-3)12-18(23)22-20(2,19(24)25)14-8-10-15(21)11-9-14/h4-11,13H,12H2,1-3H3,(H,22,23)(H,24,25). The molecule has 2 N–H and O–H groups in total. The third-order valence-corrected chi connectivity index (χ3v) is 4.40. The van der Waals surface area contributed by atoms with Gasteiger partial charge in [0.1, 0.15) is 11.6 Å². The molecule has 0 saturated heterocycles. The van der Waals surface area contributed by atoms with Crippen LogP contribution in [-0.2, 0) is 15.1 Å². The summed E-state index contributed by atoms with van der Waals surface area (Å²) >= 11 is 0. The molecule has 2 unspecified atom stereocenters. The molecule has 2 rings (SSSR count). The predicted molar refractivity (Wildman–Crippen MR) is 95.6 cm³/mol. The van der Waals surface area contributed by atoms with Gasteiger partial charge in [-0.25, -0.2) is 9.18 Å². The van der Waals surface area contributed by atoms with Gasteiger partial charge < -0.3 is 15.2 Å². The number of carbonyl (C=O) groups excluding carboxylic acids is 1. The second kappa shape index (κ2) is 7.99. The van der Waals surface area contributed by atoms with E-state index < -0.39 is 23.2 Å². The third-order valence-electron chi connectivity index (χ3n) is 4.40. The second-order valence-electron chi connectivity index (χ2n) is 6.33. The van der Waals surface area contributed by atoms with Crippen molar-refractivity contribution in [1.29, 1.82) is 0 Å². The molecule has 5 nitrogen and oxygen atoms in total. The topological polar surface area (TPSA) is 75.6 Å². The number of para-hydroxylation sites is 1. The fourth-order valence-electron chi connectivity index (χ4n) is 2.82. The van der Waals surface area contributed by atoms with Crippen molar-refractivity contribution in [3.05, 3.63) is 65.5 Å². The van der Waals surface area contributed by atoms with Crippen LogP contribution in [0.2, 0.25) is 0 Å². The average Bonchev–Trinajstić information content (AvgIpc) is 2.61. The Balaban J connectivity index is 2.17. The fraction of sp³-hybridized carbons (Fsp3) is 0.300. The van der Waals surface area contributed by atoms with Crippen LogP contribution in [0.1, 0.15) is 37.3 Å². The quantitative estimate of drug-likeness (QED) is 0.794. The molecule has 0 bridgehead atoms. The monoisotopic (exact) mass is 359 g/mol. The van der Waals surface area contributed by atoms with E-state index in [4.69, 9.17) is 4.74 Å². The molecule has 0 aromatic heterocycles. The molecule has 0 heterocycles. The Bertz CT molecular complexity index is 791. The molecule has 0 radical (unpaired) electrons. The van der Waals surface area contributed by atoms with E-state index in [0.29, 0.717) is 11.3 Å². The zero-order valence-electron chi connectivity index (χ0n) is 15.0. The molecule has 0 spiro atoms. The smallest absolute Gasteiger partial charge is 0.333 e. The number of carboxylic acids is 1. The normalized spacial score (nSPS) is 14.2. The zero-order valence-corrected chi connectivity index (χ0v) is 15.0. The molecule has 2 aromatic rings. The van der Waals surface area contributed by atoms with Gasteiger partial charge in [-0.3, -0.25) is 4.79 Å². The van der Waals surface area contributed by atoms with E-state index in [0.717, 1.165) is 5.56 Å². The average molecular weight is 359 g/mol. The van der Waals surface area contributed by atoms with Crippen molar-refractivity contribution in [1.82, 2.24) is 5.32 Å². The zero-order chi connectivity index (χ0) is 19.3. The van der Waals surface area contributed by atoms with Crippen LogP contribution in [0.15, 0.2) is 48.5 Å². The highest BCUT2D eigenvalue weighted by molar-refractivity contribution is 5.88. The first-order valence-corrected chi connectivity index (χ1v) is 8.21. The molecular weight excluding hydrogens is 337 g/mol. The minimum absolute atomic E-state index is 0.0877. The van der Waals surface area contributed by atoms with Gasteiger partial charge in [0.25, 0.3) is 0 Å². The molecule has 2 atom stereocenters. The fourth-order valence-corrected chi connectivity index (χ4v) is 2.82. The molecular formula is C20H22FNO4. The summed E-state index contributed by atoms with van der Waals surface area (Å²) in [5, 5.41) is 12.2. The molecule has 2 aromatic carbocycles. The number of carboxylic acid groups (broad SMARTS) is 1. The van der Waals surface area contributed by atoms with Crippen molar-refractivity contribution in [2.45, 2.75) is 31.7 Å². The summed E-state index contributed by atoms with van der Waals surface area (Å²) in [5.41, 5.74) is -0.487. The Morgan fingerprint density at radius 2 is 1.81 bits per heavy atom. The predicted octanol–water partition coefficient (Wildman–Crippen LogP) is 3.44. The number of halogens is 1. The van der Waals surface area contributed by atoms with Gasteiger partial charge in [-0.15, -0.1) is 0 Å². The van der Waals surface area contributed by atoms with Gasteiger partial charge in [0, 0.05) is 6.42 Å². The summed E-state index contributed by atoms with van der Waals surface area (Å²) in [6, 6.07) is 12.4. The number of ether oxygens (including phenoxy) is 1. The van der Waals surface area contributed by atoms with E-state index in [2.05, 4.69) is 5.32 Å². The van der Waals surface area contributed by atoms with E-state index in [9.17, 15) is 19.1 Å². The highest BCUT2D eigenvalue weighted by Gasteiger charge is 2.37. The summed E-state index contributed by atoms with van der Waals surface area (Å²) in [4.78, 5) is 24.3. The summed E-state index contributed by atoms with van der Waals surface area (Å²) in [5.74, 6) is -1.61. The lowest BCUT2D eigenvalue weighted by Crippen LogP contribution is -2.49. The first-order chi connectivity index (χ1) is 12.3. The van der Waals surface area contributed by atoms with Crippen molar-refractivity contribution < 1.29 is 23.8 Å². The van der Waals surface area contributed by atoms with Crippen LogP contribution >= 0.6 is 0 Å². The lowest BCUT2D eigenvalue weighted by atomic mass is 9.90. The molecule has 0 saturated carbocycles. The third kappa shape index (κ3) is 4.20. The first kappa shape index (κ1) is 19.4. The Morgan fingerprint density at radius 3 is 2.38 bits per heavy atom. The van der Waals surface area contributed by atoms with Gasteiger partial charge >= 0.3 is 5.97 Å². The van der Waals surface area contributed by atoms with Crippen LogP contribution in [0.3, 0.4) is 0 Å². The Morgan fingerprint density at radius 1 is 1.19 bits per heavy atom. The maximum atomic E-state index is 13.1. The molecule has 0 fully saturated rings. The molecule has 0 aliphatic heterocycles. The van der Waals surface area contributed by atoms with E-state index in [1.54, 1.807) is 7.11 Å². The number of methoxy groups -OCH3 is 1. The van der Waals surface area contributed by atoms with Crippen LogP contribution in [0.25, 0.3) is 0 Å². The maximum Gasteiger partial charge on any atom is 0.333 e. The van der Waals surface area contributed by atoms with Gasteiger partial charge in [-0.2, -0.15) is 0 Å². The van der Waals surface area contributed by atoms with Gasteiger partial charge in [-0.05, 0) is 42.2 Å². The second-order valence-corrected chi connectivity index (χ2v) is 6.33. The number of hydrogen-bond donors (Lipinski definition) is 2. The number of carbonyl (C=O) groups is 2. The van der Waals surface area contributed by atoms with Gasteiger partial charge in [0.15, 0.2) is 5.54 Å². The maximum absolute atomic E-state index is 13.1. The largest absolute Gasteiger partial charge is 0.496 e. The van der Waals surface area contributed by atoms with Gasteiger partial charge in [0.05, 0.1) is 7.11 Å². The molecule has 1 amide bonds. The van der Waals surface area contributed by atoms with E-state index >= 15 is 0 Å². The van der Waals surface area contributed by atoms with Crippen LogP contribution in [-0.4, -0.2) is 24.1 Å². The lowest BCUT2D eigenvalue weighted by Gasteiger charge is -2.27. The summed E-state index contributed by atoms with van der Waals surface area (Å²) in [7, 11) is 1.56. The van der Waals surface area contributed by atoms with E-state index in [1.807, 2.05) is 31.2 Å². The molecule has 26 heavy (non-hydrogen) atoms. The SMILES string of the molecule is COc1ccccc1C(C)CC(=O)NC(C)(C(=O)O)c1ccc(F)cc1.